The molecule has 0 aliphatic carbocycles. The second kappa shape index (κ2) is 5.06. The van der Waals surface area contributed by atoms with Crippen LogP contribution in [0, 0.1) is 0 Å². The van der Waals surface area contributed by atoms with Gasteiger partial charge in [-0.25, -0.2) is 8.42 Å². The largest absolute Gasteiger partial charge is 0.313 e. The van der Waals surface area contributed by atoms with Crippen molar-refractivity contribution in [2.24, 2.45) is 0 Å². The molecule has 0 aromatic heterocycles. The molecule has 1 unspecified atom stereocenters. The van der Waals surface area contributed by atoms with E-state index in [4.69, 9.17) is 0 Å². The zero-order valence-electron chi connectivity index (χ0n) is 9.56. The van der Waals surface area contributed by atoms with Gasteiger partial charge in [0.2, 0.25) is 0 Å². The van der Waals surface area contributed by atoms with Crippen molar-refractivity contribution in [1.82, 2.24) is 10.2 Å². The van der Waals surface area contributed by atoms with Crippen LogP contribution in [0.25, 0.3) is 0 Å². The molecule has 0 saturated carbocycles. The highest BCUT2D eigenvalue weighted by molar-refractivity contribution is 9.10. The van der Waals surface area contributed by atoms with Gasteiger partial charge in [0.25, 0.3) is 0 Å². The molecule has 94 valence electrons. The predicted octanol–water partition coefficient (Wildman–Crippen LogP) is 1.08. The number of likely N-dealkylation sites (N-methyl/N-ethyl adjacent to an activating group) is 1. The van der Waals surface area contributed by atoms with E-state index < -0.39 is 15.2 Å². The lowest BCUT2D eigenvalue weighted by atomic mass is 10.4. The molecule has 17 heavy (non-hydrogen) atoms. The SMILES string of the molecule is CN1CCNCC1S(=O)(=O)c1ccc(Br)cc1. The minimum absolute atomic E-state index is 0.376. The lowest BCUT2D eigenvalue weighted by molar-refractivity contribution is 0.255. The summed E-state index contributed by atoms with van der Waals surface area (Å²) in [5, 5.41) is 2.65. The van der Waals surface area contributed by atoms with Crippen molar-refractivity contribution in [2.45, 2.75) is 10.3 Å². The van der Waals surface area contributed by atoms with Crippen molar-refractivity contribution in [3.8, 4) is 0 Å². The predicted molar refractivity (Wildman–Crippen MR) is 70.6 cm³/mol. The van der Waals surface area contributed by atoms with Crippen LogP contribution in [0.5, 0.6) is 0 Å². The van der Waals surface area contributed by atoms with E-state index in [1.165, 1.54) is 0 Å². The molecular weight excluding hydrogens is 304 g/mol. The molecule has 1 N–H and O–H groups in total. The second-order valence-corrected chi connectivity index (χ2v) is 7.16. The smallest absolute Gasteiger partial charge is 0.195 e. The lowest BCUT2D eigenvalue weighted by Gasteiger charge is -2.32. The first kappa shape index (κ1) is 13.0. The molecule has 4 nitrogen and oxygen atoms in total. The Labute approximate surface area is 110 Å². The zero-order chi connectivity index (χ0) is 12.5. The van der Waals surface area contributed by atoms with Crippen molar-refractivity contribution < 1.29 is 8.42 Å². The minimum Gasteiger partial charge on any atom is -0.313 e. The highest BCUT2D eigenvalue weighted by atomic mass is 79.9. The van der Waals surface area contributed by atoms with E-state index in [1.54, 1.807) is 24.3 Å². The Bertz CT molecular complexity index is 487. The van der Waals surface area contributed by atoms with Gasteiger partial charge in [-0.05, 0) is 31.3 Å². The molecule has 1 saturated heterocycles. The van der Waals surface area contributed by atoms with Gasteiger partial charge in [-0.2, -0.15) is 0 Å². The molecule has 0 spiro atoms. The van der Waals surface area contributed by atoms with Crippen molar-refractivity contribution in [3.63, 3.8) is 0 Å². The quantitative estimate of drug-likeness (QED) is 0.886. The summed E-state index contributed by atoms with van der Waals surface area (Å²) >= 11 is 3.30. The lowest BCUT2D eigenvalue weighted by Crippen LogP contribution is -2.52. The Morgan fingerprint density at radius 2 is 2.00 bits per heavy atom. The van der Waals surface area contributed by atoms with Crippen LogP contribution in [0.4, 0.5) is 0 Å². The molecule has 0 amide bonds. The molecule has 1 atom stereocenters. The van der Waals surface area contributed by atoms with Gasteiger partial charge in [0.1, 0.15) is 5.37 Å². The zero-order valence-corrected chi connectivity index (χ0v) is 12.0. The summed E-state index contributed by atoms with van der Waals surface area (Å²) in [5.41, 5.74) is 0. The van der Waals surface area contributed by atoms with E-state index in [2.05, 4.69) is 21.2 Å². The van der Waals surface area contributed by atoms with E-state index in [-0.39, 0.29) is 0 Å². The van der Waals surface area contributed by atoms with Crippen molar-refractivity contribution in [1.29, 1.82) is 0 Å². The van der Waals surface area contributed by atoms with Gasteiger partial charge in [-0.3, -0.25) is 4.90 Å². The fourth-order valence-corrected chi connectivity index (χ4v) is 3.92. The third kappa shape index (κ3) is 2.70. The Kier molecular flexibility index (Phi) is 3.87. The number of nitrogens with zero attached hydrogens (tertiary/aromatic N) is 1. The first-order chi connectivity index (χ1) is 8.01. The molecule has 2 rings (SSSR count). The Morgan fingerprint density at radius 3 is 2.59 bits per heavy atom. The van der Waals surface area contributed by atoms with Gasteiger partial charge in [0.05, 0.1) is 4.90 Å². The number of benzene rings is 1. The van der Waals surface area contributed by atoms with Crippen molar-refractivity contribution >= 4 is 25.8 Å². The van der Waals surface area contributed by atoms with Crippen LogP contribution in [0.3, 0.4) is 0 Å². The number of piperazine rings is 1. The van der Waals surface area contributed by atoms with Crippen LogP contribution in [0.2, 0.25) is 0 Å². The first-order valence-electron chi connectivity index (χ1n) is 5.42. The maximum atomic E-state index is 12.4. The monoisotopic (exact) mass is 318 g/mol. The molecular formula is C11H15BrN2O2S. The maximum absolute atomic E-state index is 12.4. The highest BCUT2D eigenvalue weighted by Crippen LogP contribution is 2.21. The summed E-state index contributed by atoms with van der Waals surface area (Å²) in [7, 11) is -1.44. The standard InChI is InChI=1S/C11H15BrN2O2S/c1-14-7-6-13-8-11(14)17(15,16)10-4-2-9(12)3-5-10/h2-5,11,13H,6-8H2,1H3. The summed E-state index contributed by atoms with van der Waals surface area (Å²) in [6.07, 6.45) is 0. The Hall–Kier alpha value is -0.430. The van der Waals surface area contributed by atoms with Crippen LogP contribution < -0.4 is 5.32 Å². The Balaban J connectivity index is 2.32. The molecule has 0 bridgehead atoms. The average Bonchev–Trinajstić information content (AvgIpc) is 2.30. The number of sulfone groups is 1. The third-order valence-electron chi connectivity index (χ3n) is 2.95. The average molecular weight is 319 g/mol. The van der Waals surface area contributed by atoms with Gasteiger partial charge < -0.3 is 5.32 Å². The van der Waals surface area contributed by atoms with Crippen LogP contribution in [0.15, 0.2) is 33.6 Å². The van der Waals surface area contributed by atoms with E-state index in [1.807, 2.05) is 11.9 Å². The minimum atomic E-state index is -3.29. The van der Waals surface area contributed by atoms with Gasteiger partial charge in [-0.1, -0.05) is 15.9 Å². The number of nitrogens with one attached hydrogen (secondary N) is 1. The molecule has 1 aromatic carbocycles. The third-order valence-corrected chi connectivity index (χ3v) is 5.65. The van der Waals surface area contributed by atoms with Crippen LogP contribution in [0.1, 0.15) is 0 Å². The van der Waals surface area contributed by atoms with Crippen LogP contribution in [-0.4, -0.2) is 45.4 Å². The second-order valence-electron chi connectivity index (χ2n) is 4.14. The fraction of sp³-hybridized carbons (Fsp3) is 0.455. The van der Waals surface area contributed by atoms with Crippen LogP contribution >= 0.6 is 15.9 Å². The summed E-state index contributed by atoms with van der Waals surface area (Å²) in [4.78, 5) is 2.26. The van der Waals surface area contributed by atoms with E-state index in [9.17, 15) is 8.42 Å². The van der Waals surface area contributed by atoms with Crippen LogP contribution in [-0.2, 0) is 9.84 Å². The number of rotatable bonds is 2. The molecule has 1 aliphatic rings. The summed E-state index contributed by atoms with van der Waals surface area (Å²) in [6, 6.07) is 6.79. The van der Waals surface area contributed by atoms with E-state index in [0.29, 0.717) is 11.4 Å². The topological polar surface area (TPSA) is 49.4 Å². The number of hydrogen-bond donors (Lipinski definition) is 1. The first-order valence-corrected chi connectivity index (χ1v) is 7.76. The summed E-state index contributed by atoms with van der Waals surface area (Å²) in [5.74, 6) is 0. The van der Waals surface area contributed by atoms with Gasteiger partial charge in [-0.15, -0.1) is 0 Å². The van der Waals surface area contributed by atoms with Crippen molar-refractivity contribution in [3.05, 3.63) is 28.7 Å². The molecule has 0 radical (unpaired) electrons. The molecule has 1 heterocycles. The number of hydrogen-bond acceptors (Lipinski definition) is 4. The summed E-state index contributed by atoms with van der Waals surface area (Å²) in [6.45, 7) is 2.07. The maximum Gasteiger partial charge on any atom is 0.195 e. The van der Waals surface area contributed by atoms with E-state index in [0.717, 1.165) is 17.6 Å². The van der Waals surface area contributed by atoms with Gasteiger partial charge in [0, 0.05) is 24.1 Å². The fourth-order valence-electron chi connectivity index (χ4n) is 1.91. The normalized spacial score (nSPS) is 22.6. The number of halogens is 1. The molecule has 6 heteroatoms. The Morgan fingerprint density at radius 1 is 1.35 bits per heavy atom. The van der Waals surface area contributed by atoms with Gasteiger partial charge in [0.15, 0.2) is 9.84 Å². The van der Waals surface area contributed by atoms with Gasteiger partial charge >= 0.3 is 0 Å². The van der Waals surface area contributed by atoms with E-state index >= 15 is 0 Å². The summed E-state index contributed by atoms with van der Waals surface area (Å²) < 4.78 is 25.7. The van der Waals surface area contributed by atoms with Crippen molar-refractivity contribution in [2.75, 3.05) is 26.7 Å². The highest BCUT2D eigenvalue weighted by Gasteiger charge is 2.32. The molecule has 1 aliphatic heterocycles. The molecule has 1 fully saturated rings. The molecule has 1 aromatic rings.